The Morgan fingerprint density at radius 1 is 0.944 bits per heavy atom. The molecule has 0 aromatic heterocycles. The van der Waals surface area contributed by atoms with Gasteiger partial charge in [0.2, 0.25) is 0 Å². The number of aliphatic hydroxyl groups is 1. The van der Waals surface area contributed by atoms with Crippen molar-refractivity contribution in [2.24, 2.45) is 0 Å². The van der Waals surface area contributed by atoms with Gasteiger partial charge in [0.05, 0.1) is 25.3 Å². The number of nitrogens with zero attached hydrogens (tertiary/aromatic N) is 1. The summed E-state index contributed by atoms with van der Waals surface area (Å²) in [6.07, 6.45) is 0. The molecule has 3 aromatic carbocycles. The Kier molecular flexibility index (Phi) is 7.71. The minimum absolute atomic E-state index is 0.0257. The molecular formula is C29H29NO6. The minimum atomic E-state index is -0.771. The second kappa shape index (κ2) is 11.1. The van der Waals surface area contributed by atoms with Crippen molar-refractivity contribution in [3.05, 3.63) is 101 Å². The quantitative estimate of drug-likeness (QED) is 0.269. The first kappa shape index (κ1) is 25.0. The lowest BCUT2D eigenvalue weighted by Gasteiger charge is -2.25. The molecule has 1 N–H and O–H groups in total. The zero-order chi connectivity index (χ0) is 25.7. The lowest BCUT2D eigenvalue weighted by molar-refractivity contribution is -0.140. The molecule has 36 heavy (non-hydrogen) atoms. The smallest absolute Gasteiger partial charge is 0.295 e. The van der Waals surface area contributed by atoms with Crippen LogP contribution in [0.15, 0.2) is 78.4 Å². The number of methoxy groups -OCH3 is 2. The van der Waals surface area contributed by atoms with Crippen LogP contribution in [0.2, 0.25) is 0 Å². The summed E-state index contributed by atoms with van der Waals surface area (Å²) in [5.74, 6) is -0.458. The van der Waals surface area contributed by atoms with E-state index >= 15 is 0 Å². The number of Topliss-reactive ketones (excluding diaryl/α,β-unsaturated/α-hetero) is 1. The average Bonchev–Trinajstić information content (AvgIpc) is 3.15. The number of benzene rings is 3. The fourth-order valence-corrected chi connectivity index (χ4v) is 4.29. The van der Waals surface area contributed by atoms with Gasteiger partial charge in [-0.2, -0.15) is 0 Å². The molecule has 186 valence electrons. The maximum atomic E-state index is 13.1. The molecule has 7 nitrogen and oxygen atoms in total. The molecule has 7 heteroatoms. The zero-order valence-electron chi connectivity index (χ0n) is 20.6. The highest BCUT2D eigenvalue weighted by molar-refractivity contribution is 6.46. The van der Waals surface area contributed by atoms with Gasteiger partial charge >= 0.3 is 0 Å². The molecule has 0 unspecified atom stereocenters. The predicted molar refractivity (Wildman–Crippen MR) is 136 cm³/mol. The summed E-state index contributed by atoms with van der Waals surface area (Å²) >= 11 is 0. The van der Waals surface area contributed by atoms with Crippen molar-refractivity contribution in [1.82, 2.24) is 4.90 Å². The zero-order valence-corrected chi connectivity index (χ0v) is 20.6. The Labute approximate surface area is 210 Å². The van der Waals surface area contributed by atoms with Gasteiger partial charge in [0.1, 0.15) is 23.9 Å². The second-order valence-corrected chi connectivity index (χ2v) is 8.56. The molecule has 1 saturated heterocycles. The molecule has 0 radical (unpaired) electrons. The number of likely N-dealkylation sites (tertiary alicyclic amines) is 1. The number of amides is 1. The third-order valence-corrected chi connectivity index (χ3v) is 6.10. The van der Waals surface area contributed by atoms with Crippen molar-refractivity contribution in [3.63, 3.8) is 0 Å². The van der Waals surface area contributed by atoms with Gasteiger partial charge in [0.25, 0.3) is 11.7 Å². The number of carbonyl (C=O) groups excluding carboxylic acids is 2. The predicted octanol–water partition coefficient (Wildman–Crippen LogP) is 4.65. The lowest BCUT2D eigenvalue weighted by atomic mass is 9.95. The van der Waals surface area contributed by atoms with E-state index in [9.17, 15) is 14.7 Å². The first-order chi connectivity index (χ1) is 17.4. The highest BCUT2D eigenvalue weighted by Crippen LogP contribution is 2.40. The summed E-state index contributed by atoms with van der Waals surface area (Å²) in [6.45, 7) is 2.89. The van der Waals surface area contributed by atoms with Crippen LogP contribution in [0, 0.1) is 6.92 Å². The van der Waals surface area contributed by atoms with Gasteiger partial charge in [-0.05, 0) is 54.4 Å². The monoisotopic (exact) mass is 487 g/mol. The van der Waals surface area contributed by atoms with Crippen LogP contribution < -0.4 is 9.47 Å². The summed E-state index contributed by atoms with van der Waals surface area (Å²) in [7, 11) is 3.07. The van der Waals surface area contributed by atoms with E-state index in [4.69, 9.17) is 14.2 Å². The molecule has 0 spiro atoms. The molecule has 3 aromatic rings. The van der Waals surface area contributed by atoms with E-state index in [1.807, 2.05) is 25.1 Å². The minimum Gasteiger partial charge on any atom is -0.507 e. The van der Waals surface area contributed by atoms with Crippen molar-refractivity contribution in [1.29, 1.82) is 0 Å². The van der Waals surface area contributed by atoms with Crippen LogP contribution in [0.4, 0.5) is 0 Å². The number of rotatable bonds is 9. The molecule has 1 amide bonds. The summed E-state index contributed by atoms with van der Waals surface area (Å²) in [5.41, 5.74) is 3.30. The number of aliphatic hydroxyl groups excluding tert-OH is 1. The molecule has 1 heterocycles. The van der Waals surface area contributed by atoms with Crippen LogP contribution in [0.25, 0.3) is 5.76 Å². The first-order valence-electron chi connectivity index (χ1n) is 11.6. The van der Waals surface area contributed by atoms with Crippen LogP contribution in [0.5, 0.6) is 11.5 Å². The third-order valence-electron chi connectivity index (χ3n) is 6.10. The summed E-state index contributed by atoms with van der Waals surface area (Å²) in [4.78, 5) is 27.4. The molecular weight excluding hydrogens is 458 g/mol. The summed E-state index contributed by atoms with van der Waals surface area (Å²) in [6, 6.07) is 21.2. The van der Waals surface area contributed by atoms with E-state index < -0.39 is 17.7 Å². The second-order valence-electron chi connectivity index (χ2n) is 8.56. The van der Waals surface area contributed by atoms with Crippen molar-refractivity contribution < 1.29 is 28.9 Å². The molecule has 0 saturated carbocycles. The van der Waals surface area contributed by atoms with Crippen LogP contribution in [0.1, 0.15) is 28.3 Å². The Balaban J connectivity index is 1.65. The van der Waals surface area contributed by atoms with E-state index in [-0.39, 0.29) is 24.5 Å². The number of carbonyl (C=O) groups is 2. The molecule has 1 fully saturated rings. The number of ether oxygens (including phenoxy) is 3. The Morgan fingerprint density at radius 3 is 2.39 bits per heavy atom. The molecule has 1 aliphatic heterocycles. The van der Waals surface area contributed by atoms with Gasteiger partial charge in [-0.25, -0.2) is 0 Å². The highest BCUT2D eigenvalue weighted by Gasteiger charge is 2.46. The number of ketones is 1. The van der Waals surface area contributed by atoms with Crippen LogP contribution in [-0.2, 0) is 20.9 Å². The topological polar surface area (TPSA) is 85.3 Å². The fraction of sp³-hybridized carbons (Fsp3) is 0.241. The van der Waals surface area contributed by atoms with Gasteiger partial charge in [-0.15, -0.1) is 0 Å². The molecule has 1 aliphatic rings. The van der Waals surface area contributed by atoms with E-state index in [1.165, 1.54) is 12.0 Å². The van der Waals surface area contributed by atoms with E-state index in [0.29, 0.717) is 29.2 Å². The first-order valence-corrected chi connectivity index (χ1v) is 11.6. The Bertz CT molecular complexity index is 1280. The Hall–Kier alpha value is -4.10. The normalized spacial score (nSPS) is 16.9. The number of hydrogen-bond donors (Lipinski definition) is 1. The van der Waals surface area contributed by atoms with Crippen LogP contribution >= 0.6 is 0 Å². The van der Waals surface area contributed by atoms with Gasteiger partial charge in [0, 0.05) is 19.2 Å². The fourth-order valence-electron chi connectivity index (χ4n) is 4.29. The van der Waals surface area contributed by atoms with Crippen molar-refractivity contribution >= 4 is 17.4 Å². The molecule has 1 atom stereocenters. The van der Waals surface area contributed by atoms with E-state index in [1.54, 1.807) is 55.6 Å². The van der Waals surface area contributed by atoms with Crippen molar-refractivity contribution in [2.45, 2.75) is 19.6 Å². The summed E-state index contributed by atoms with van der Waals surface area (Å²) in [5, 5.41) is 11.2. The average molecular weight is 488 g/mol. The van der Waals surface area contributed by atoms with Crippen LogP contribution in [-0.4, -0.2) is 49.1 Å². The number of hydrogen-bond acceptors (Lipinski definition) is 6. The van der Waals surface area contributed by atoms with Crippen molar-refractivity contribution in [3.8, 4) is 11.5 Å². The maximum Gasteiger partial charge on any atom is 0.295 e. The van der Waals surface area contributed by atoms with E-state index in [2.05, 4.69) is 6.07 Å². The SMILES string of the molecule is COCCN1C(=O)C(=O)C(=C(O)c2ccc(OCc3cccc(C)c3)cc2)[C@@H]1c1cccc(OC)c1. The largest absolute Gasteiger partial charge is 0.507 e. The van der Waals surface area contributed by atoms with Gasteiger partial charge in [-0.1, -0.05) is 42.0 Å². The van der Waals surface area contributed by atoms with Gasteiger partial charge in [-0.3, -0.25) is 9.59 Å². The van der Waals surface area contributed by atoms with Gasteiger partial charge < -0.3 is 24.2 Å². The van der Waals surface area contributed by atoms with E-state index in [0.717, 1.165) is 11.1 Å². The Morgan fingerprint density at radius 2 is 1.69 bits per heavy atom. The lowest BCUT2D eigenvalue weighted by Crippen LogP contribution is -2.32. The summed E-state index contributed by atoms with van der Waals surface area (Å²) < 4.78 is 16.4. The van der Waals surface area contributed by atoms with Crippen molar-refractivity contribution in [2.75, 3.05) is 27.4 Å². The molecule has 4 rings (SSSR count). The van der Waals surface area contributed by atoms with Gasteiger partial charge in [0.15, 0.2) is 0 Å². The molecule has 0 bridgehead atoms. The highest BCUT2D eigenvalue weighted by atomic mass is 16.5. The molecule has 0 aliphatic carbocycles. The standard InChI is InChI=1S/C29H29NO6/c1-19-6-4-7-20(16-19)18-36-23-12-10-21(11-13-23)27(31)25-26(22-8-5-9-24(17-22)35-3)30(14-15-34-2)29(33)28(25)32/h4-13,16-17,26,31H,14-15,18H2,1-3H3/t26-/m0/s1. The van der Waals surface area contributed by atoms with Crippen LogP contribution in [0.3, 0.4) is 0 Å². The third kappa shape index (κ3) is 5.26. The maximum absolute atomic E-state index is 13.1. The number of aryl methyl sites for hydroxylation is 1.